The molecule has 0 saturated heterocycles. The number of anilines is 1. The van der Waals surface area contributed by atoms with Crippen LogP contribution in [0.4, 0.5) is 11.4 Å². The van der Waals surface area contributed by atoms with Crippen molar-refractivity contribution in [3.05, 3.63) is 62.1 Å². The first-order valence-corrected chi connectivity index (χ1v) is 8.76. The summed E-state index contributed by atoms with van der Waals surface area (Å²) < 4.78 is 5.16. The number of non-ortho nitro benzene ring substituents is 1. The van der Waals surface area contributed by atoms with Crippen molar-refractivity contribution in [2.45, 2.75) is 19.5 Å². The summed E-state index contributed by atoms with van der Waals surface area (Å²) in [5, 5.41) is 14.6. The van der Waals surface area contributed by atoms with E-state index in [2.05, 4.69) is 5.32 Å². The minimum absolute atomic E-state index is 0.136. The standard InChI is InChI=1S/C18H19Cl2N3O4/c1-11(22(2)10-12-4-6-14(19)15(20)8-12)18(24)21-16-9-13(23(25)26)5-7-17(16)27-3/h4-9,11H,10H2,1-3H3,(H,21,24)/t11-/m1/s1. The molecule has 9 heteroatoms. The summed E-state index contributed by atoms with van der Waals surface area (Å²) in [5.74, 6) is 0.0182. The first kappa shape index (κ1) is 21.0. The zero-order valence-corrected chi connectivity index (χ0v) is 16.5. The van der Waals surface area contributed by atoms with Gasteiger partial charge in [0.05, 0.1) is 33.8 Å². The van der Waals surface area contributed by atoms with Crippen molar-refractivity contribution in [1.82, 2.24) is 4.90 Å². The summed E-state index contributed by atoms with van der Waals surface area (Å²) in [7, 11) is 3.22. The minimum Gasteiger partial charge on any atom is -0.495 e. The van der Waals surface area contributed by atoms with Crippen LogP contribution in [0.15, 0.2) is 36.4 Å². The number of likely N-dealkylation sites (N-methyl/N-ethyl adjacent to an activating group) is 1. The molecule has 0 unspecified atom stereocenters. The van der Waals surface area contributed by atoms with Gasteiger partial charge in [0.1, 0.15) is 5.75 Å². The van der Waals surface area contributed by atoms with E-state index in [9.17, 15) is 14.9 Å². The van der Waals surface area contributed by atoms with E-state index in [0.29, 0.717) is 22.3 Å². The van der Waals surface area contributed by atoms with Crippen LogP contribution >= 0.6 is 23.2 Å². The number of nitrogens with one attached hydrogen (secondary N) is 1. The van der Waals surface area contributed by atoms with Crippen molar-refractivity contribution >= 4 is 40.5 Å². The molecule has 0 radical (unpaired) electrons. The van der Waals surface area contributed by atoms with E-state index >= 15 is 0 Å². The van der Waals surface area contributed by atoms with Gasteiger partial charge in [0, 0.05) is 18.7 Å². The lowest BCUT2D eigenvalue weighted by Gasteiger charge is -2.24. The van der Waals surface area contributed by atoms with Crippen LogP contribution in [0.5, 0.6) is 5.75 Å². The van der Waals surface area contributed by atoms with E-state index in [1.54, 1.807) is 26.1 Å². The van der Waals surface area contributed by atoms with Crippen LogP contribution in [0.2, 0.25) is 10.0 Å². The topological polar surface area (TPSA) is 84.7 Å². The third kappa shape index (κ3) is 5.32. The summed E-state index contributed by atoms with van der Waals surface area (Å²) in [6.45, 7) is 2.20. The predicted octanol–water partition coefficient (Wildman–Crippen LogP) is 4.37. The van der Waals surface area contributed by atoms with E-state index < -0.39 is 11.0 Å². The highest BCUT2D eigenvalue weighted by Gasteiger charge is 2.21. The number of nitro groups is 1. The number of carbonyl (C=O) groups excluding carboxylic acids is 1. The maximum absolute atomic E-state index is 12.6. The van der Waals surface area contributed by atoms with Gasteiger partial charge in [0.25, 0.3) is 5.69 Å². The van der Waals surface area contributed by atoms with E-state index in [1.165, 1.54) is 25.3 Å². The average molecular weight is 412 g/mol. The number of nitro benzene ring substituents is 1. The van der Waals surface area contributed by atoms with Crippen LogP contribution in [0.3, 0.4) is 0 Å². The minimum atomic E-state index is -0.533. The molecule has 144 valence electrons. The first-order valence-electron chi connectivity index (χ1n) is 8.00. The molecule has 1 atom stereocenters. The van der Waals surface area contributed by atoms with E-state index in [4.69, 9.17) is 27.9 Å². The molecule has 0 spiro atoms. The third-order valence-electron chi connectivity index (χ3n) is 4.11. The van der Waals surface area contributed by atoms with Gasteiger partial charge < -0.3 is 10.1 Å². The molecule has 1 amide bonds. The number of nitrogens with zero attached hydrogens (tertiary/aromatic N) is 2. The highest BCUT2D eigenvalue weighted by Crippen LogP contribution is 2.29. The number of hydrogen-bond donors (Lipinski definition) is 1. The number of carbonyl (C=O) groups is 1. The van der Waals surface area contributed by atoms with Gasteiger partial charge in [-0.1, -0.05) is 29.3 Å². The third-order valence-corrected chi connectivity index (χ3v) is 4.85. The van der Waals surface area contributed by atoms with Gasteiger partial charge >= 0.3 is 0 Å². The fourth-order valence-corrected chi connectivity index (χ4v) is 2.73. The lowest BCUT2D eigenvalue weighted by molar-refractivity contribution is -0.384. The number of hydrogen-bond acceptors (Lipinski definition) is 5. The Morgan fingerprint density at radius 3 is 2.56 bits per heavy atom. The molecule has 0 aromatic heterocycles. The second-order valence-electron chi connectivity index (χ2n) is 5.97. The zero-order valence-electron chi connectivity index (χ0n) is 15.0. The quantitative estimate of drug-likeness (QED) is 0.539. The molecule has 27 heavy (non-hydrogen) atoms. The molecule has 2 aromatic rings. The fraction of sp³-hybridized carbons (Fsp3) is 0.278. The Morgan fingerprint density at radius 1 is 1.26 bits per heavy atom. The van der Waals surface area contributed by atoms with Crippen LogP contribution in [-0.2, 0) is 11.3 Å². The number of amides is 1. The molecule has 2 aromatic carbocycles. The second kappa shape index (κ2) is 9.03. The maximum Gasteiger partial charge on any atom is 0.271 e. The molecule has 2 rings (SSSR count). The molecule has 0 aliphatic carbocycles. The number of halogens is 2. The number of ether oxygens (including phenoxy) is 1. The van der Waals surface area contributed by atoms with Gasteiger partial charge in [0.2, 0.25) is 5.91 Å². The molecule has 1 N–H and O–H groups in total. The van der Waals surface area contributed by atoms with Gasteiger partial charge in [-0.3, -0.25) is 19.8 Å². The van der Waals surface area contributed by atoms with E-state index in [-0.39, 0.29) is 17.3 Å². The molecular weight excluding hydrogens is 393 g/mol. The fourth-order valence-electron chi connectivity index (χ4n) is 2.41. The maximum atomic E-state index is 12.6. The summed E-state index contributed by atoms with van der Waals surface area (Å²) >= 11 is 11.9. The molecule has 0 aliphatic rings. The van der Waals surface area contributed by atoms with Crippen LogP contribution in [-0.4, -0.2) is 35.9 Å². The smallest absolute Gasteiger partial charge is 0.271 e. The average Bonchev–Trinajstić information content (AvgIpc) is 2.63. The second-order valence-corrected chi connectivity index (χ2v) is 6.78. The van der Waals surface area contributed by atoms with E-state index in [1.807, 2.05) is 11.0 Å². The van der Waals surface area contributed by atoms with Crippen LogP contribution in [0.25, 0.3) is 0 Å². The monoisotopic (exact) mass is 411 g/mol. The van der Waals surface area contributed by atoms with Crippen molar-refractivity contribution in [1.29, 1.82) is 0 Å². The number of methoxy groups -OCH3 is 1. The van der Waals surface area contributed by atoms with Crippen LogP contribution < -0.4 is 10.1 Å². The summed E-state index contributed by atoms with van der Waals surface area (Å²) in [4.78, 5) is 24.8. The van der Waals surface area contributed by atoms with Crippen molar-refractivity contribution < 1.29 is 14.5 Å². The highest BCUT2D eigenvalue weighted by atomic mass is 35.5. The highest BCUT2D eigenvalue weighted by molar-refractivity contribution is 6.42. The van der Waals surface area contributed by atoms with Crippen LogP contribution in [0.1, 0.15) is 12.5 Å². The Hall–Kier alpha value is -2.35. The van der Waals surface area contributed by atoms with Crippen molar-refractivity contribution in [2.24, 2.45) is 0 Å². The molecule has 0 aliphatic heterocycles. The Kier molecular flexibility index (Phi) is 7.01. The van der Waals surface area contributed by atoms with Gasteiger partial charge in [-0.15, -0.1) is 0 Å². The SMILES string of the molecule is COc1ccc([N+](=O)[O-])cc1NC(=O)[C@@H](C)N(C)Cc1ccc(Cl)c(Cl)c1. The Balaban J connectivity index is 2.11. The van der Waals surface area contributed by atoms with Gasteiger partial charge in [0.15, 0.2) is 0 Å². The summed E-state index contributed by atoms with van der Waals surface area (Å²) in [5.41, 5.74) is 1.01. The Morgan fingerprint density at radius 2 is 1.96 bits per heavy atom. The lowest BCUT2D eigenvalue weighted by Crippen LogP contribution is -2.39. The van der Waals surface area contributed by atoms with Crippen molar-refractivity contribution in [3.63, 3.8) is 0 Å². The molecule has 0 saturated carbocycles. The van der Waals surface area contributed by atoms with Gasteiger partial charge in [-0.25, -0.2) is 0 Å². The molecule has 7 nitrogen and oxygen atoms in total. The van der Waals surface area contributed by atoms with Crippen molar-refractivity contribution in [3.8, 4) is 5.75 Å². The molecular formula is C18H19Cl2N3O4. The summed E-state index contributed by atoms with van der Waals surface area (Å²) in [6, 6.07) is 8.79. The molecule has 0 heterocycles. The molecule has 0 fully saturated rings. The molecule has 0 bridgehead atoms. The van der Waals surface area contributed by atoms with Gasteiger partial charge in [-0.2, -0.15) is 0 Å². The zero-order chi connectivity index (χ0) is 20.1. The van der Waals surface area contributed by atoms with Gasteiger partial charge in [-0.05, 0) is 37.7 Å². The number of rotatable bonds is 7. The number of benzene rings is 2. The lowest BCUT2D eigenvalue weighted by atomic mass is 10.1. The normalized spacial score (nSPS) is 11.9. The summed E-state index contributed by atoms with van der Waals surface area (Å²) in [6.07, 6.45) is 0. The Labute approximate surface area is 167 Å². The van der Waals surface area contributed by atoms with E-state index in [0.717, 1.165) is 5.56 Å². The Bertz CT molecular complexity index is 860. The first-order chi connectivity index (χ1) is 12.7. The largest absolute Gasteiger partial charge is 0.495 e. The van der Waals surface area contributed by atoms with Crippen LogP contribution in [0, 0.1) is 10.1 Å². The predicted molar refractivity (Wildman–Crippen MR) is 106 cm³/mol. The van der Waals surface area contributed by atoms with Crippen molar-refractivity contribution in [2.75, 3.05) is 19.5 Å².